The summed E-state index contributed by atoms with van der Waals surface area (Å²) in [5.41, 5.74) is 15.5. The van der Waals surface area contributed by atoms with Gasteiger partial charge in [0.25, 0.3) is 5.91 Å². The van der Waals surface area contributed by atoms with Gasteiger partial charge >= 0.3 is 0 Å². The minimum atomic E-state index is -0.511. The van der Waals surface area contributed by atoms with Crippen molar-refractivity contribution in [1.82, 2.24) is 4.98 Å². The van der Waals surface area contributed by atoms with Crippen molar-refractivity contribution in [3.63, 3.8) is 0 Å². The Labute approximate surface area is 110 Å². The molecule has 1 aromatic heterocycles. The zero-order valence-electron chi connectivity index (χ0n) is 10.3. The van der Waals surface area contributed by atoms with E-state index < -0.39 is 5.91 Å². The quantitative estimate of drug-likeness (QED) is 0.791. The van der Waals surface area contributed by atoms with Crippen molar-refractivity contribution >= 4 is 17.3 Å². The van der Waals surface area contributed by atoms with Crippen LogP contribution in [0.25, 0.3) is 0 Å². The van der Waals surface area contributed by atoms with Crippen LogP contribution < -0.4 is 16.4 Å². The first kappa shape index (κ1) is 11.5. The van der Waals surface area contributed by atoms with Gasteiger partial charge in [0.1, 0.15) is 5.69 Å². The summed E-state index contributed by atoms with van der Waals surface area (Å²) in [6, 6.07) is 9.54. The van der Waals surface area contributed by atoms with Crippen LogP contribution in [0.5, 0.6) is 0 Å². The molecule has 4 N–H and O–H groups in total. The largest absolute Gasteiger partial charge is 0.399 e. The summed E-state index contributed by atoms with van der Waals surface area (Å²) in [7, 11) is 0. The first-order chi connectivity index (χ1) is 9.13. The number of rotatable bonds is 2. The molecule has 0 bridgehead atoms. The maximum Gasteiger partial charge on any atom is 0.267 e. The molecular weight excluding hydrogens is 240 g/mol. The van der Waals surface area contributed by atoms with Gasteiger partial charge in [0, 0.05) is 30.7 Å². The van der Waals surface area contributed by atoms with Crippen LogP contribution in [-0.4, -0.2) is 10.9 Å². The highest BCUT2D eigenvalue weighted by Gasteiger charge is 2.20. The molecule has 0 saturated carbocycles. The summed E-state index contributed by atoms with van der Waals surface area (Å²) in [4.78, 5) is 17.3. The van der Waals surface area contributed by atoms with Crippen LogP contribution >= 0.6 is 0 Å². The van der Waals surface area contributed by atoms with Gasteiger partial charge in [-0.3, -0.25) is 9.78 Å². The predicted molar refractivity (Wildman–Crippen MR) is 73.5 cm³/mol. The number of anilines is 2. The Hall–Kier alpha value is -2.56. The minimum Gasteiger partial charge on any atom is -0.399 e. The van der Waals surface area contributed by atoms with Crippen molar-refractivity contribution < 1.29 is 4.79 Å². The van der Waals surface area contributed by atoms with Gasteiger partial charge in [-0.25, -0.2) is 0 Å². The number of nitrogens with zero attached hydrogens (tertiary/aromatic N) is 2. The van der Waals surface area contributed by atoms with E-state index in [4.69, 9.17) is 11.5 Å². The Morgan fingerprint density at radius 2 is 1.95 bits per heavy atom. The van der Waals surface area contributed by atoms with Crippen LogP contribution in [0, 0.1) is 0 Å². The highest BCUT2D eigenvalue weighted by molar-refractivity contribution is 5.91. The van der Waals surface area contributed by atoms with E-state index in [0.717, 1.165) is 24.5 Å². The van der Waals surface area contributed by atoms with Gasteiger partial charge in [-0.1, -0.05) is 6.07 Å². The normalized spacial score (nSPS) is 13.4. The van der Waals surface area contributed by atoms with E-state index in [-0.39, 0.29) is 5.69 Å². The van der Waals surface area contributed by atoms with Crippen molar-refractivity contribution in [3.8, 4) is 0 Å². The third kappa shape index (κ3) is 2.10. The summed E-state index contributed by atoms with van der Waals surface area (Å²) in [6.45, 7) is 1.58. The Kier molecular flexibility index (Phi) is 2.59. The molecule has 1 aliphatic rings. The molecule has 0 unspecified atom stereocenters. The van der Waals surface area contributed by atoms with E-state index in [1.807, 2.05) is 24.3 Å². The zero-order chi connectivity index (χ0) is 13.4. The Balaban J connectivity index is 1.90. The van der Waals surface area contributed by atoms with Gasteiger partial charge in [0.05, 0.1) is 0 Å². The number of primary amides is 1. The number of aromatic nitrogens is 1. The molecule has 5 heteroatoms. The lowest BCUT2D eigenvalue weighted by Gasteiger charge is -2.17. The predicted octanol–water partition coefficient (Wildman–Crippen LogP) is 1.28. The van der Waals surface area contributed by atoms with Crippen molar-refractivity contribution in [2.24, 2.45) is 5.73 Å². The second-order valence-corrected chi connectivity index (χ2v) is 4.65. The topological polar surface area (TPSA) is 85.2 Å². The maximum atomic E-state index is 11.2. The number of amides is 1. The fourth-order valence-electron chi connectivity index (χ4n) is 2.35. The first-order valence-electron chi connectivity index (χ1n) is 6.01. The Morgan fingerprint density at radius 3 is 2.74 bits per heavy atom. The van der Waals surface area contributed by atoms with Gasteiger partial charge in [-0.2, -0.15) is 0 Å². The number of benzene rings is 1. The molecule has 0 saturated heterocycles. The number of hydrogen-bond acceptors (Lipinski definition) is 4. The highest BCUT2D eigenvalue weighted by Crippen LogP contribution is 2.29. The SMILES string of the molecule is NC(=O)c1cc(N2Cc3ccc(N)cc3C2)ccn1. The molecule has 0 aliphatic carbocycles. The fraction of sp³-hybridized carbons (Fsp3) is 0.143. The molecular formula is C14H14N4O. The van der Waals surface area contributed by atoms with E-state index in [1.54, 1.807) is 12.3 Å². The zero-order valence-corrected chi connectivity index (χ0v) is 10.3. The Morgan fingerprint density at radius 1 is 1.16 bits per heavy atom. The first-order valence-corrected chi connectivity index (χ1v) is 6.01. The number of carbonyl (C=O) groups is 1. The van der Waals surface area contributed by atoms with Gasteiger partial charge < -0.3 is 16.4 Å². The number of fused-ring (bicyclic) bond motifs is 1. The number of nitrogens with two attached hydrogens (primary N) is 2. The maximum absolute atomic E-state index is 11.2. The van der Waals surface area contributed by atoms with Crippen LogP contribution in [0.3, 0.4) is 0 Å². The lowest BCUT2D eigenvalue weighted by Crippen LogP contribution is -2.17. The van der Waals surface area contributed by atoms with E-state index in [0.29, 0.717) is 0 Å². The van der Waals surface area contributed by atoms with Crippen LogP contribution in [0.15, 0.2) is 36.5 Å². The van der Waals surface area contributed by atoms with Gasteiger partial charge in [0.2, 0.25) is 0 Å². The average molecular weight is 254 g/mol. The summed E-state index contributed by atoms with van der Waals surface area (Å²) in [6.07, 6.45) is 1.60. The molecule has 1 amide bonds. The number of carbonyl (C=O) groups excluding carboxylic acids is 1. The minimum absolute atomic E-state index is 0.285. The summed E-state index contributed by atoms with van der Waals surface area (Å²) in [5.74, 6) is -0.511. The van der Waals surface area contributed by atoms with E-state index in [9.17, 15) is 4.79 Å². The number of hydrogen-bond donors (Lipinski definition) is 2. The molecule has 0 fully saturated rings. The molecule has 1 aromatic carbocycles. The monoisotopic (exact) mass is 254 g/mol. The van der Waals surface area contributed by atoms with Gasteiger partial charge in [-0.05, 0) is 35.4 Å². The average Bonchev–Trinajstić information content (AvgIpc) is 2.81. The molecule has 3 rings (SSSR count). The fourth-order valence-corrected chi connectivity index (χ4v) is 2.35. The second-order valence-electron chi connectivity index (χ2n) is 4.65. The van der Waals surface area contributed by atoms with Crippen molar-refractivity contribution in [3.05, 3.63) is 53.3 Å². The molecule has 5 nitrogen and oxygen atoms in total. The van der Waals surface area contributed by atoms with E-state index >= 15 is 0 Å². The van der Waals surface area contributed by atoms with E-state index in [2.05, 4.69) is 9.88 Å². The summed E-state index contributed by atoms with van der Waals surface area (Å²) < 4.78 is 0. The lowest BCUT2D eigenvalue weighted by molar-refractivity contribution is 0.0995. The standard InChI is InChI=1S/C14H14N4O/c15-11-2-1-9-7-18(8-10(9)5-11)12-3-4-17-13(6-12)14(16)19/h1-6H,7-8,15H2,(H2,16,19). The number of nitrogen functional groups attached to an aromatic ring is 1. The van der Waals surface area contributed by atoms with Crippen LogP contribution in [-0.2, 0) is 13.1 Å². The van der Waals surface area contributed by atoms with Crippen molar-refractivity contribution in [1.29, 1.82) is 0 Å². The van der Waals surface area contributed by atoms with Crippen molar-refractivity contribution in [2.75, 3.05) is 10.6 Å². The molecule has 1 aliphatic heterocycles. The van der Waals surface area contributed by atoms with Gasteiger partial charge in [0.15, 0.2) is 0 Å². The molecule has 0 radical (unpaired) electrons. The Bertz CT molecular complexity index is 654. The molecule has 0 atom stereocenters. The van der Waals surface area contributed by atoms with E-state index in [1.165, 1.54) is 11.1 Å². The molecule has 2 aromatic rings. The third-order valence-electron chi connectivity index (χ3n) is 3.31. The van der Waals surface area contributed by atoms with Crippen LogP contribution in [0.2, 0.25) is 0 Å². The van der Waals surface area contributed by atoms with Crippen molar-refractivity contribution in [2.45, 2.75) is 13.1 Å². The van der Waals surface area contributed by atoms with Crippen LogP contribution in [0.4, 0.5) is 11.4 Å². The lowest BCUT2D eigenvalue weighted by atomic mass is 10.1. The smallest absolute Gasteiger partial charge is 0.267 e. The number of pyridine rings is 1. The van der Waals surface area contributed by atoms with Crippen LogP contribution in [0.1, 0.15) is 21.6 Å². The molecule has 96 valence electrons. The molecule has 2 heterocycles. The second kappa shape index (κ2) is 4.28. The highest BCUT2D eigenvalue weighted by atomic mass is 16.1. The van der Waals surface area contributed by atoms with Gasteiger partial charge in [-0.15, -0.1) is 0 Å². The molecule has 19 heavy (non-hydrogen) atoms. The molecule has 0 spiro atoms. The third-order valence-corrected chi connectivity index (χ3v) is 3.31. The summed E-state index contributed by atoms with van der Waals surface area (Å²) >= 11 is 0. The summed E-state index contributed by atoms with van der Waals surface area (Å²) in [5, 5.41) is 0.